The number of rotatable bonds is 7. The molecule has 2 unspecified atom stereocenters. The number of carbonyl (C=O) groups is 1. The quantitative estimate of drug-likeness (QED) is 0.243. The standard InChI is InChI=1S/C35H37N3O5/c1-23-7-6-10-25(21-23)11-14-30(40)36(2)27-15-17-35(38(41)42)29-22-26-12-13-28(39)32-31(26)34(35,33(27)43-32)18-20-37(29)19-16-24-8-4-3-5-9-24/h3-14,21,27,29,33,39H,15-20,22H2,1-2H3/b14-11+/t27?,29-,33?,34+,35-/m1/s1. The van der Waals surface area contributed by atoms with Crippen LogP contribution in [0.2, 0.25) is 0 Å². The van der Waals surface area contributed by atoms with Gasteiger partial charge >= 0.3 is 0 Å². The Kier molecular flexibility index (Phi) is 6.58. The molecule has 2 bridgehead atoms. The van der Waals surface area contributed by atoms with E-state index in [0.29, 0.717) is 38.0 Å². The fraction of sp³-hybridized carbons (Fsp3) is 0.400. The Hall–Kier alpha value is -4.17. The zero-order chi connectivity index (χ0) is 29.9. The van der Waals surface area contributed by atoms with Gasteiger partial charge in [-0.1, -0.05) is 66.2 Å². The van der Waals surface area contributed by atoms with Gasteiger partial charge in [-0.25, -0.2) is 0 Å². The molecule has 3 aromatic rings. The third kappa shape index (κ3) is 4.03. The second kappa shape index (κ2) is 10.2. The molecule has 1 amide bonds. The van der Waals surface area contributed by atoms with Crippen molar-refractivity contribution in [1.29, 1.82) is 0 Å². The van der Waals surface area contributed by atoms with Crippen LogP contribution in [0, 0.1) is 17.0 Å². The number of likely N-dealkylation sites (N-methyl/N-ethyl adjacent to an activating group) is 1. The minimum absolute atomic E-state index is 0.0109. The molecule has 3 aromatic carbocycles. The summed E-state index contributed by atoms with van der Waals surface area (Å²) >= 11 is 0. The van der Waals surface area contributed by atoms with Gasteiger partial charge in [-0.2, -0.15) is 0 Å². The molecule has 1 saturated heterocycles. The number of nitrogens with zero attached hydrogens (tertiary/aromatic N) is 3. The van der Waals surface area contributed by atoms with E-state index in [2.05, 4.69) is 17.0 Å². The summed E-state index contributed by atoms with van der Waals surface area (Å²) in [5.74, 6) is 0.206. The highest BCUT2D eigenvalue weighted by atomic mass is 16.6. The monoisotopic (exact) mass is 579 g/mol. The van der Waals surface area contributed by atoms with Crippen LogP contribution in [0.5, 0.6) is 11.5 Å². The Morgan fingerprint density at radius 1 is 1.16 bits per heavy atom. The summed E-state index contributed by atoms with van der Waals surface area (Å²) in [6.45, 7) is 3.44. The lowest BCUT2D eigenvalue weighted by molar-refractivity contribution is -0.606. The van der Waals surface area contributed by atoms with Gasteiger partial charge < -0.3 is 14.7 Å². The van der Waals surface area contributed by atoms with Crippen molar-refractivity contribution in [3.8, 4) is 11.5 Å². The molecule has 2 heterocycles. The summed E-state index contributed by atoms with van der Waals surface area (Å²) in [7, 11) is 1.77. The molecule has 0 aromatic heterocycles. The van der Waals surface area contributed by atoms with Crippen molar-refractivity contribution in [3.05, 3.63) is 111 Å². The number of amides is 1. The van der Waals surface area contributed by atoms with E-state index in [4.69, 9.17) is 4.74 Å². The van der Waals surface area contributed by atoms with Crippen LogP contribution in [-0.4, -0.2) is 69.6 Å². The highest BCUT2D eigenvalue weighted by Crippen LogP contribution is 2.66. The molecule has 222 valence electrons. The number of phenolic OH excluding ortho intramolecular Hbond substituents is 1. The Balaban J connectivity index is 1.26. The largest absolute Gasteiger partial charge is 0.504 e. The molecule has 1 saturated carbocycles. The first-order chi connectivity index (χ1) is 20.8. The number of piperidine rings is 1. The van der Waals surface area contributed by atoms with Crippen LogP contribution < -0.4 is 4.74 Å². The minimum Gasteiger partial charge on any atom is -0.504 e. The van der Waals surface area contributed by atoms with Crippen LogP contribution in [0.1, 0.15) is 47.1 Å². The minimum atomic E-state index is -1.28. The van der Waals surface area contributed by atoms with Crippen LogP contribution in [0.4, 0.5) is 0 Å². The summed E-state index contributed by atoms with van der Waals surface area (Å²) in [4.78, 5) is 31.0. The second-order valence-electron chi connectivity index (χ2n) is 12.7. The van der Waals surface area contributed by atoms with Crippen molar-refractivity contribution < 1.29 is 19.6 Å². The van der Waals surface area contributed by atoms with Crippen LogP contribution in [-0.2, 0) is 23.1 Å². The smallest absolute Gasteiger partial charge is 0.251 e. The lowest BCUT2D eigenvalue weighted by Gasteiger charge is -2.61. The number of benzene rings is 3. The van der Waals surface area contributed by atoms with E-state index in [1.807, 2.05) is 61.5 Å². The molecule has 1 N–H and O–H groups in total. The summed E-state index contributed by atoms with van der Waals surface area (Å²) in [5.41, 5.74) is 2.85. The first-order valence-electron chi connectivity index (χ1n) is 15.2. The number of aromatic hydroxyl groups is 1. The maximum Gasteiger partial charge on any atom is 0.251 e. The van der Waals surface area contributed by atoms with Crippen molar-refractivity contribution in [2.24, 2.45) is 0 Å². The molecule has 0 radical (unpaired) electrons. The van der Waals surface area contributed by atoms with Gasteiger partial charge in [0.15, 0.2) is 11.5 Å². The number of aryl methyl sites for hydroxylation is 1. The number of ether oxygens (including phenoxy) is 1. The number of nitro groups is 1. The van der Waals surface area contributed by atoms with Gasteiger partial charge in [0.2, 0.25) is 5.91 Å². The Morgan fingerprint density at radius 3 is 2.74 bits per heavy atom. The van der Waals surface area contributed by atoms with Crippen molar-refractivity contribution in [1.82, 2.24) is 9.80 Å². The van der Waals surface area contributed by atoms with Gasteiger partial charge in [0.25, 0.3) is 5.54 Å². The molecule has 2 aliphatic heterocycles. The Morgan fingerprint density at radius 2 is 1.98 bits per heavy atom. The highest BCUT2D eigenvalue weighted by molar-refractivity contribution is 5.92. The number of hydrogen-bond donors (Lipinski definition) is 1. The number of likely N-dealkylation sites (tertiary alicyclic amines) is 1. The van der Waals surface area contributed by atoms with Gasteiger partial charge in [-0.3, -0.25) is 19.8 Å². The number of hydrogen-bond acceptors (Lipinski definition) is 6. The molecule has 8 heteroatoms. The molecule has 1 spiro atoms. The van der Waals surface area contributed by atoms with Gasteiger partial charge in [-0.05, 0) is 68.0 Å². The van der Waals surface area contributed by atoms with Crippen molar-refractivity contribution in [2.45, 2.75) is 68.2 Å². The van der Waals surface area contributed by atoms with Crippen LogP contribution >= 0.6 is 0 Å². The average molecular weight is 580 g/mol. The SMILES string of the molecule is Cc1cccc(/C=C/C(=O)N(C)C2CC[C@@]3([N+](=O)[O-])[C@H]4Cc5ccc(O)c6c5[C@@]3(CCN4CCc3ccccc3)C2O6)c1. The van der Waals surface area contributed by atoms with Gasteiger partial charge in [-0.15, -0.1) is 0 Å². The van der Waals surface area contributed by atoms with Crippen molar-refractivity contribution in [3.63, 3.8) is 0 Å². The molecular weight excluding hydrogens is 542 g/mol. The van der Waals surface area contributed by atoms with Gasteiger partial charge in [0.05, 0.1) is 12.1 Å². The summed E-state index contributed by atoms with van der Waals surface area (Å²) < 4.78 is 6.62. The lowest BCUT2D eigenvalue weighted by atomic mass is 9.46. The molecule has 5 atom stereocenters. The van der Waals surface area contributed by atoms with E-state index in [0.717, 1.165) is 35.2 Å². The zero-order valence-corrected chi connectivity index (χ0v) is 24.6. The average Bonchev–Trinajstić information content (AvgIpc) is 3.36. The Labute approximate surface area is 251 Å². The third-order valence-corrected chi connectivity index (χ3v) is 10.7. The van der Waals surface area contributed by atoms with E-state index in [-0.39, 0.29) is 28.7 Å². The lowest BCUT2D eigenvalue weighted by Crippen LogP contribution is -2.80. The molecule has 43 heavy (non-hydrogen) atoms. The summed E-state index contributed by atoms with van der Waals surface area (Å²) in [6.07, 6.45) is 5.42. The van der Waals surface area contributed by atoms with E-state index in [9.17, 15) is 20.0 Å². The number of phenols is 1. The van der Waals surface area contributed by atoms with E-state index < -0.39 is 17.1 Å². The predicted molar refractivity (Wildman–Crippen MR) is 164 cm³/mol. The van der Waals surface area contributed by atoms with Crippen molar-refractivity contribution in [2.75, 3.05) is 20.1 Å². The summed E-state index contributed by atoms with van der Waals surface area (Å²) in [6, 6.07) is 21.1. The molecule has 8 nitrogen and oxygen atoms in total. The van der Waals surface area contributed by atoms with E-state index in [1.54, 1.807) is 24.1 Å². The highest BCUT2D eigenvalue weighted by Gasteiger charge is 2.80. The maximum absolute atomic E-state index is 13.5. The van der Waals surface area contributed by atoms with E-state index in [1.165, 1.54) is 5.56 Å². The molecule has 2 fully saturated rings. The third-order valence-electron chi connectivity index (χ3n) is 10.7. The van der Waals surface area contributed by atoms with Crippen LogP contribution in [0.25, 0.3) is 6.08 Å². The van der Waals surface area contributed by atoms with E-state index >= 15 is 0 Å². The first kappa shape index (κ1) is 27.7. The zero-order valence-electron chi connectivity index (χ0n) is 24.6. The summed E-state index contributed by atoms with van der Waals surface area (Å²) in [5, 5.41) is 24.4. The molecular formula is C35H37N3O5. The normalized spacial score (nSPS) is 28.7. The van der Waals surface area contributed by atoms with Crippen LogP contribution in [0.15, 0.2) is 72.8 Å². The predicted octanol–water partition coefficient (Wildman–Crippen LogP) is 4.92. The topological polar surface area (TPSA) is 96.2 Å². The molecule has 4 aliphatic rings. The molecule has 2 aliphatic carbocycles. The van der Waals surface area contributed by atoms with Crippen molar-refractivity contribution >= 4 is 12.0 Å². The first-order valence-corrected chi connectivity index (χ1v) is 15.2. The second-order valence-corrected chi connectivity index (χ2v) is 12.7. The maximum atomic E-state index is 13.5. The number of carbonyl (C=O) groups excluding carboxylic acids is 1. The van der Waals surface area contributed by atoms with Gasteiger partial charge in [0, 0.05) is 36.6 Å². The molecule has 7 rings (SSSR count). The van der Waals surface area contributed by atoms with Crippen LogP contribution in [0.3, 0.4) is 0 Å². The fourth-order valence-corrected chi connectivity index (χ4v) is 8.78. The fourth-order valence-electron chi connectivity index (χ4n) is 8.78. The van der Waals surface area contributed by atoms with Gasteiger partial charge in [0.1, 0.15) is 11.5 Å². The Bertz CT molecular complexity index is 1620.